The highest BCUT2D eigenvalue weighted by atomic mass is 32.2. The van der Waals surface area contributed by atoms with Gasteiger partial charge in [-0.3, -0.25) is 9.59 Å². The second-order valence-electron chi connectivity index (χ2n) is 3.39. The van der Waals surface area contributed by atoms with E-state index in [0.29, 0.717) is 6.08 Å². The van der Waals surface area contributed by atoms with Crippen molar-refractivity contribution in [1.29, 1.82) is 0 Å². The van der Waals surface area contributed by atoms with E-state index in [-0.39, 0.29) is 11.1 Å². The van der Waals surface area contributed by atoms with Gasteiger partial charge in [-0.2, -0.15) is 0 Å². The van der Waals surface area contributed by atoms with Gasteiger partial charge in [-0.05, 0) is 5.53 Å². The van der Waals surface area contributed by atoms with Crippen LogP contribution >= 0.6 is 0 Å². The second-order valence-corrected chi connectivity index (χ2v) is 4.95. The minimum absolute atomic E-state index is 0.0169. The van der Waals surface area contributed by atoms with E-state index in [4.69, 9.17) is 5.53 Å². The van der Waals surface area contributed by atoms with E-state index in [9.17, 15) is 18.0 Å². The third-order valence-electron chi connectivity index (χ3n) is 2.35. The maximum Gasteiger partial charge on any atom is 0.268 e. The van der Waals surface area contributed by atoms with Crippen LogP contribution in [0.3, 0.4) is 0 Å². The number of azide groups is 1. The van der Waals surface area contributed by atoms with Crippen LogP contribution in [0.15, 0.2) is 39.8 Å². The Labute approximate surface area is 101 Å². The van der Waals surface area contributed by atoms with E-state index in [1.807, 2.05) is 0 Å². The standard InChI is InChI=1S/C10H5N3O4S/c11-12-13-18(16,17)9-5-8(14)6-3-1-2-4-7(6)10(9)15/h1-5H. The lowest BCUT2D eigenvalue weighted by atomic mass is 9.95. The summed E-state index contributed by atoms with van der Waals surface area (Å²) in [7, 11) is -4.46. The fraction of sp³-hybridized carbons (Fsp3) is 0. The largest absolute Gasteiger partial charge is 0.289 e. The quantitative estimate of drug-likeness (QED) is 0.457. The Hall–Kier alpha value is -2.44. The molecule has 8 heteroatoms. The third kappa shape index (κ3) is 1.79. The second kappa shape index (κ2) is 4.10. The van der Waals surface area contributed by atoms with Gasteiger partial charge in [0, 0.05) is 26.6 Å². The van der Waals surface area contributed by atoms with Gasteiger partial charge in [-0.15, -0.1) is 0 Å². The molecule has 7 nitrogen and oxygen atoms in total. The predicted octanol–water partition coefficient (Wildman–Crippen LogP) is 1.59. The van der Waals surface area contributed by atoms with Crippen LogP contribution in [0.25, 0.3) is 10.4 Å². The number of Topliss-reactive ketones (excluding diaryl/α,β-unsaturated/α-hetero) is 1. The number of allylic oxidation sites excluding steroid dienone is 2. The SMILES string of the molecule is [N-]=[N+]=NS(=O)(=O)C1=CC(=O)c2ccccc2C1=O. The van der Waals surface area contributed by atoms with Crippen molar-refractivity contribution < 1.29 is 18.0 Å². The molecule has 0 bridgehead atoms. The molecule has 1 aromatic carbocycles. The number of ketones is 2. The van der Waals surface area contributed by atoms with E-state index < -0.39 is 26.5 Å². The summed E-state index contributed by atoms with van der Waals surface area (Å²) in [4.78, 5) is 24.9. The highest BCUT2D eigenvalue weighted by Crippen LogP contribution is 2.25. The Morgan fingerprint density at radius 1 is 1.11 bits per heavy atom. The molecule has 0 heterocycles. The number of nitrogens with zero attached hydrogens (tertiary/aromatic N) is 3. The molecule has 0 radical (unpaired) electrons. The van der Waals surface area contributed by atoms with Crippen molar-refractivity contribution in [1.82, 2.24) is 0 Å². The first-order chi connectivity index (χ1) is 8.47. The van der Waals surface area contributed by atoms with Crippen LogP contribution in [0, 0.1) is 0 Å². The molecular formula is C10H5N3O4S. The van der Waals surface area contributed by atoms with E-state index >= 15 is 0 Å². The molecule has 0 atom stereocenters. The number of hydrogen-bond donors (Lipinski definition) is 0. The number of benzene rings is 1. The Morgan fingerprint density at radius 2 is 1.72 bits per heavy atom. The first-order valence-electron chi connectivity index (χ1n) is 4.68. The predicted molar refractivity (Wildman–Crippen MR) is 61.3 cm³/mol. The first-order valence-corrected chi connectivity index (χ1v) is 6.12. The Bertz CT molecular complexity index is 742. The number of hydrogen-bond acceptors (Lipinski definition) is 4. The van der Waals surface area contributed by atoms with Crippen molar-refractivity contribution in [2.45, 2.75) is 0 Å². The van der Waals surface area contributed by atoms with Crippen molar-refractivity contribution in [3.63, 3.8) is 0 Å². The summed E-state index contributed by atoms with van der Waals surface area (Å²) in [5, 5.41) is 0. The zero-order valence-electron chi connectivity index (χ0n) is 8.77. The van der Waals surface area contributed by atoms with E-state index in [1.165, 1.54) is 18.2 Å². The van der Waals surface area contributed by atoms with Crippen molar-refractivity contribution in [3.05, 3.63) is 56.8 Å². The van der Waals surface area contributed by atoms with Gasteiger partial charge in [0.15, 0.2) is 5.78 Å². The van der Waals surface area contributed by atoms with Crippen molar-refractivity contribution in [2.24, 2.45) is 4.52 Å². The molecule has 0 amide bonds. The molecule has 18 heavy (non-hydrogen) atoms. The van der Waals surface area contributed by atoms with Crippen LogP contribution in [0.2, 0.25) is 0 Å². The molecule has 0 aromatic heterocycles. The number of carbonyl (C=O) groups is 2. The van der Waals surface area contributed by atoms with Gasteiger partial charge in [0.25, 0.3) is 10.0 Å². The summed E-state index contributed by atoms with van der Waals surface area (Å²) >= 11 is 0. The van der Waals surface area contributed by atoms with E-state index in [2.05, 4.69) is 9.43 Å². The lowest BCUT2D eigenvalue weighted by Crippen LogP contribution is -2.21. The van der Waals surface area contributed by atoms with E-state index in [1.54, 1.807) is 6.07 Å². The van der Waals surface area contributed by atoms with Gasteiger partial charge < -0.3 is 0 Å². The van der Waals surface area contributed by atoms with Crippen molar-refractivity contribution in [3.8, 4) is 0 Å². The highest BCUT2D eigenvalue weighted by Gasteiger charge is 2.32. The number of sulfonamides is 1. The molecule has 0 aliphatic heterocycles. The van der Waals surface area contributed by atoms with Gasteiger partial charge in [-0.1, -0.05) is 24.3 Å². The molecule has 0 unspecified atom stereocenters. The Morgan fingerprint density at radius 3 is 2.33 bits per heavy atom. The number of rotatable bonds is 2. The Balaban J connectivity index is 2.67. The van der Waals surface area contributed by atoms with Gasteiger partial charge >= 0.3 is 0 Å². The van der Waals surface area contributed by atoms with Crippen LogP contribution in [0.5, 0.6) is 0 Å². The molecule has 90 valence electrons. The molecule has 0 saturated heterocycles. The summed E-state index contributed by atoms with van der Waals surface area (Å²) in [6.07, 6.45) is 0.675. The van der Waals surface area contributed by atoms with Gasteiger partial charge in [-0.25, -0.2) is 8.42 Å². The maximum atomic E-state index is 11.9. The average Bonchev–Trinajstić information content (AvgIpc) is 2.33. The highest BCUT2D eigenvalue weighted by molar-refractivity contribution is 7.95. The van der Waals surface area contributed by atoms with Gasteiger partial charge in [0.2, 0.25) is 5.78 Å². The smallest absolute Gasteiger partial charge is 0.268 e. The minimum Gasteiger partial charge on any atom is -0.289 e. The topological polar surface area (TPSA) is 117 Å². The van der Waals surface area contributed by atoms with Crippen molar-refractivity contribution in [2.75, 3.05) is 0 Å². The molecule has 1 aliphatic carbocycles. The molecule has 1 aliphatic rings. The average molecular weight is 263 g/mol. The minimum atomic E-state index is -4.46. The molecule has 0 spiro atoms. The lowest BCUT2D eigenvalue weighted by Gasteiger charge is -2.12. The first kappa shape index (κ1) is 12.0. The molecular weight excluding hydrogens is 258 g/mol. The molecule has 0 saturated carbocycles. The van der Waals surface area contributed by atoms with Crippen LogP contribution < -0.4 is 0 Å². The van der Waals surface area contributed by atoms with E-state index in [0.717, 1.165) is 0 Å². The molecule has 0 fully saturated rings. The fourth-order valence-corrected chi connectivity index (χ4v) is 2.36. The number of fused-ring (bicyclic) bond motifs is 1. The summed E-state index contributed by atoms with van der Waals surface area (Å²) in [6, 6.07) is 5.83. The van der Waals surface area contributed by atoms with Gasteiger partial charge in [0.05, 0.1) is 0 Å². The molecule has 0 N–H and O–H groups in total. The summed E-state index contributed by atoms with van der Waals surface area (Å²) in [5.41, 5.74) is 8.25. The third-order valence-corrected chi connectivity index (χ3v) is 3.49. The molecule has 2 rings (SSSR count). The van der Waals surface area contributed by atoms with Gasteiger partial charge in [0.1, 0.15) is 4.91 Å². The summed E-state index contributed by atoms with van der Waals surface area (Å²) < 4.78 is 25.5. The number of carbonyl (C=O) groups excluding carboxylic acids is 2. The van der Waals surface area contributed by atoms with Crippen LogP contribution in [-0.2, 0) is 10.0 Å². The molecule has 1 aromatic rings. The fourth-order valence-electron chi connectivity index (χ4n) is 1.57. The summed E-state index contributed by atoms with van der Waals surface area (Å²) in [6.45, 7) is 0. The monoisotopic (exact) mass is 263 g/mol. The summed E-state index contributed by atoms with van der Waals surface area (Å²) in [5.74, 6) is -1.46. The zero-order chi connectivity index (χ0) is 13.3. The van der Waals surface area contributed by atoms with Crippen molar-refractivity contribution >= 4 is 21.6 Å². The maximum absolute atomic E-state index is 11.9. The zero-order valence-corrected chi connectivity index (χ0v) is 9.59. The Kier molecular flexibility index (Phi) is 2.74. The van der Waals surface area contributed by atoms with Crippen LogP contribution in [0.1, 0.15) is 20.7 Å². The van der Waals surface area contributed by atoms with Crippen LogP contribution in [-0.4, -0.2) is 20.0 Å². The normalized spacial score (nSPS) is 14.6. The van der Waals surface area contributed by atoms with Crippen LogP contribution in [0.4, 0.5) is 0 Å². The lowest BCUT2D eigenvalue weighted by molar-refractivity contribution is 0.0990.